The molecular weight excluding hydrogens is 641 g/mol. The van der Waals surface area contributed by atoms with Crippen molar-refractivity contribution >= 4 is 19.8 Å². The minimum atomic E-state index is -4.61. The molecule has 0 aromatic heterocycles. The van der Waals surface area contributed by atoms with Gasteiger partial charge in [0.25, 0.3) is 7.82 Å². The Labute approximate surface area is 301 Å². The first-order chi connectivity index (χ1) is 23.5. The van der Waals surface area contributed by atoms with Crippen molar-refractivity contribution in [1.29, 1.82) is 0 Å². The number of likely N-dealkylation sites (N-methyl/N-ethyl adjacent to an activating group) is 1. The van der Waals surface area contributed by atoms with Crippen LogP contribution < -0.4 is 4.89 Å². The van der Waals surface area contributed by atoms with Crippen molar-refractivity contribution in [2.24, 2.45) is 0 Å². The van der Waals surface area contributed by atoms with Crippen molar-refractivity contribution in [3.63, 3.8) is 0 Å². The van der Waals surface area contributed by atoms with Gasteiger partial charge in [-0.25, -0.2) is 0 Å². The minimum absolute atomic E-state index is 0.0289. The van der Waals surface area contributed by atoms with E-state index in [9.17, 15) is 19.0 Å². The lowest BCUT2D eigenvalue weighted by molar-refractivity contribution is -0.870. The average Bonchev–Trinajstić information content (AvgIpc) is 3.04. The smallest absolute Gasteiger partial charge is 0.306 e. The van der Waals surface area contributed by atoms with E-state index in [0.717, 1.165) is 51.4 Å². The van der Waals surface area contributed by atoms with Crippen molar-refractivity contribution in [2.75, 3.05) is 47.5 Å². The lowest BCUT2D eigenvalue weighted by atomic mass is 10.1. The maximum atomic E-state index is 12.5. The van der Waals surface area contributed by atoms with Crippen LogP contribution in [0.2, 0.25) is 0 Å². The van der Waals surface area contributed by atoms with Crippen LogP contribution in [0.4, 0.5) is 0 Å². The average molecular weight is 718 g/mol. The maximum absolute atomic E-state index is 12.5. The Morgan fingerprint density at radius 3 is 1.51 bits per heavy atom. The van der Waals surface area contributed by atoms with Gasteiger partial charge in [-0.05, 0) is 38.5 Å². The molecule has 0 aromatic carbocycles. The van der Waals surface area contributed by atoms with E-state index >= 15 is 0 Å². The van der Waals surface area contributed by atoms with Crippen molar-refractivity contribution < 1.29 is 42.1 Å². The van der Waals surface area contributed by atoms with Gasteiger partial charge < -0.3 is 27.9 Å². The Hall–Kier alpha value is -1.25. The molecule has 0 N–H and O–H groups in total. The molecule has 0 heterocycles. The number of phosphoric ester groups is 1. The second-order valence-electron chi connectivity index (χ2n) is 14.7. The first-order valence-corrected chi connectivity index (χ1v) is 21.4. The van der Waals surface area contributed by atoms with Crippen LogP contribution in [0.15, 0.2) is 12.2 Å². The third-order valence-electron chi connectivity index (χ3n) is 8.54. The number of rotatable bonds is 36. The van der Waals surface area contributed by atoms with Gasteiger partial charge in [0, 0.05) is 12.8 Å². The monoisotopic (exact) mass is 718 g/mol. The zero-order valence-corrected chi connectivity index (χ0v) is 33.3. The van der Waals surface area contributed by atoms with E-state index in [1.807, 2.05) is 21.1 Å². The summed E-state index contributed by atoms with van der Waals surface area (Å²) in [6, 6.07) is 0. The molecule has 2 atom stereocenters. The summed E-state index contributed by atoms with van der Waals surface area (Å²) in [6.45, 7) is 4.18. The van der Waals surface area contributed by atoms with Gasteiger partial charge in [-0.2, -0.15) is 0 Å². The van der Waals surface area contributed by atoms with Gasteiger partial charge in [0.05, 0.1) is 27.7 Å². The van der Waals surface area contributed by atoms with Crippen LogP contribution in [-0.4, -0.2) is 70.0 Å². The second kappa shape index (κ2) is 32.6. The summed E-state index contributed by atoms with van der Waals surface area (Å²) in [5.41, 5.74) is 0. The van der Waals surface area contributed by atoms with Gasteiger partial charge >= 0.3 is 11.9 Å². The fourth-order valence-electron chi connectivity index (χ4n) is 5.35. The molecule has 1 unspecified atom stereocenters. The van der Waals surface area contributed by atoms with E-state index in [1.165, 1.54) is 89.9 Å². The number of allylic oxidation sites excluding steroid dienone is 2. The summed E-state index contributed by atoms with van der Waals surface area (Å²) in [7, 11) is 1.17. The fourth-order valence-corrected chi connectivity index (χ4v) is 6.08. The summed E-state index contributed by atoms with van der Waals surface area (Å²) in [4.78, 5) is 37.2. The topological polar surface area (TPSA) is 111 Å². The predicted molar refractivity (Wildman–Crippen MR) is 199 cm³/mol. The highest BCUT2D eigenvalue weighted by molar-refractivity contribution is 7.45. The van der Waals surface area contributed by atoms with E-state index in [1.54, 1.807) is 0 Å². The van der Waals surface area contributed by atoms with Crippen LogP contribution in [0.3, 0.4) is 0 Å². The van der Waals surface area contributed by atoms with Crippen molar-refractivity contribution in [3.05, 3.63) is 12.2 Å². The maximum Gasteiger partial charge on any atom is 0.306 e. The first-order valence-electron chi connectivity index (χ1n) is 19.9. The van der Waals surface area contributed by atoms with Crippen molar-refractivity contribution in [1.82, 2.24) is 0 Å². The Kier molecular flexibility index (Phi) is 31.8. The Balaban J connectivity index is 4.30. The summed E-state index contributed by atoms with van der Waals surface area (Å²) < 4.78 is 33.7. The molecule has 0 radical (unpaired) electrons. The van der Waals surface area contributed by atoms with Gasteiger partial charge in [-0.3, -0.25) is 14.2 Å². The third-order valence-corrected chi connectivity index (χ3v) is 9.50. The van der Waals surface area contributed by atoms with E-state index in [2.05, 4.69) is 26.0 Å². The van der Waals surface area contributed by atoms with Crippen LogP contribution in [-0.2, 0) is 32.7 Å². The van der Waals surface area contributed by atoms with Gasteiger partial charge in [0.1, 0.15) is 19.8 Å². The SMILES string of the molecule is CCCCCCCC/C=C/CCCCCCCCCC(=O)OC[C@@H](COP(=O)([O-])OCC[N+](C)(C)C)OC(=O)CCCCCCCCCC. The summed E-state index contributed by atoms with van der Waals surface area (Å²) >= 11 is 0. The minimum Gasteiger partial charge on any atom is -0.756 e. The molecule has 0 aromatic rings. The molecule has 0 aliphatic rings. The number of carbonyl (C=O) groups is 2. The Bertz CT molecular complexity index is 860. The first kappa shape index (κ1) is 47.8. The van der Waals surface area contributed by atoms with E-state index in [-0.39, 0.29) is 32.0 Å². The zero-order chi connectivity index (χ0) is 36.5. The molecule has 0 bridgehead atoms. The van der Waals surface area contributed by atoms with Crippen LogP contribution in [0, 0.1) is 0 Å². The molecule has 0 amide bonds. The largest absolute Gasteiger partial charge is 0.756 e. The molecule has 49 heavy (non-hydrogen) atoms. The van der Waals surface area contributed by atoms with Gasteiger partial charge in [-0.15, -0.1) is 0 Å². The van der Waals surface area contributed by atoms with Gasteiger partial charge in [0.15, 0.2) is 6.10 Å². The lowest BCUT2D eigenvalue weighted by Crippen LogP contribution is -2.37. The Morgan fingerprint density at radius 1 is 0.612 bits per heavy atom. The molecular formula is C39H76NO8P. The number of hydrogen-bond acceptors (Lipinski definition) is 8. The van der Waals surface area contributed by atoms with Crippen LogP contribution in [0.25, 0.3) is 0 Å². The highest BCUT2D eigenvalue weighted by Crippen LogP contribution is 2.38. The number of ether oxygens (including phenoxy) is 2. The van der Waals surface area contributed by atoms with E-state index in [0.29, 0.717) is 17.4 Å². The molecule has 0 aliphatic heterocycles. The quantitative estimate of drug-likeness (QED) is 0.0207. The van der Waals surface area contributed by atoms with Gasteiger partial charge in [0.2, 0.25) is 0 Å². The van der Waals surface area contributed by atoms with Crippen molar-refractivity contribution in [3.8, 4) is 0 Å². The van der Waals surface area contributed by atoms with E-state index < -0.39 is 26.5 Å². The van der Waals surface area contributed by atoms with Crippen LogP contribution in [0.5, 0.6) is 0 Å². The fraction of sp³-hybridized carbons (Fsp3) is 0.897. The number of nitrogens with zero attached hydrogens (tertiary/aromatic N) is 1. The summed E-state index contributed by atoms with van der Waals surface area (Å²) in [6.07, 6.45) is 31.1. The number of esters is 2. The molecule has 0 rings (SSSR count). The molecule has 290 valence electrons. The van der Waals surface area contributed by atoms with E-state index in [4.69, 9.17) is 18.5 Å². The molecule has 10 heteroatoms. The molecule has 0 saturated carbocycles. The number of hydrogen-bond donors (Lipinski definition) is 0. The zero-order valence-electron chi connectivity index (χ0n) is 32.4. The highest BCUT2D eigenvalue weighted by atomic mass is 31.2. The molecule has 0 spiro atoms. The normalized spacial score (nSPS) is 13.8. The highest BCUT2D eigenvalue weighted by Gasteiger charge is 2.21. The number of quaternary nitrogens is 1. The molecule has 0 aliphatic carbocycles. The Morgan fingerprint density at radius 2 is 1.04 bits per heavy atom. The van der Waals surface area contributed by atoms with Gasteiger partial charge in [-0.1, -0.05) is 135 Å². The van der Waals surface area contributed by atoms with Crippen molar-refractivity contribution in [2.45, 2.75) is 180 Å². The number of unbranched alkanes of at least 4 members (excludes halogenated alkanes) is 20. The molecule has 0 saturated heterocycles. The predicted octanol–water partition coefficient (Wildman–Crippen LogP) is 10.00. The standard InChI is InChI=1S/C39H76NO8P/c1-6-8-10-12-14-16-17-18-19-20-21-22-23-24-26-27-29-31-38(41)45-35-37(36-47-49(43,44)46-34-33-40(3,4)5)48-39(42)32-30-28-25-15-13-11-9-7-2/h18-19,37H,6-17,20-36H2,1-5H3/b19-18+/t37-/m0/s1. The second-order valence-corrected chi connectivity index (χ2v) is 16.1. The lowest BCUT2D eigenvalue weighted by Gasteiger charge is -2.28. The summed E-state index contributed by atoms with van der Waals surface area (Å²) in [5, 5.41) is 0. The molecule has 9 nitrogen and oxygen atoms in total. The summed E-state index contributed by atoms with van der Waals surface area (Å²) in [5.74, 6) is -0.840. The van der Waals surface area contributed by atoms with Crippen LogP contribution in [0.1, 0.15) is 174 Å². The number of phosphoric acid groups is 1. The third kappa shape index (κ3) is 36.3. The molecule has 0 fully saturated rings. The number of carbonyl (C=O) groups excluding carboxylic acids is 2. The van der Waals surface area contributed by atoms with Crippen LogP contribution >= 0.6 is 7.82 Å².